The zero-order valence-electron chi connectivity index (χ0n) is 10.6. The van der Waals surface area contributed by atoms with Crippen molar-refractivity contribution in [3.63, 3.8) is 0 Å². The van der Waals surface area contributed by atoms with Crippen LogP contribution in [-0.2, 0) is 10.4 Å². The highest BCUT2D eigenvalue weighted by atomic mass is 35.5. The Morgan fingerprint density at radius 2 is 1.86 bits per heavy atom. The van der Waals surface area contributed by atoms with Crippen molar-refractivity contribution in [2.45, 2.75) is 22.5 Å². The number of alkyl halides is 5. The fourth-order valence-corrected chi connectivity index (χ4v) is 2.42. The molecule has 2 atom stereocenters. The average Bonchev–Trinajstić information content (AvgIpc) is 3.04. The molecular formula is C13H12Cl2F3NO2. The second-order valence-corrected chi connectivity index (χ2v) is 6.50. The summed E-state index contributed by atoms with van der Waals surface area (Å²) in [5, 5.41) is 12.1. The van der Waals surface area contributed by atoms with E-state index in [9.17, 15) is 23.1 Å². The fraction of sp³-hybridized carbons (Fsp3) is 0.462. The standard InChI is InChI=1S/C13H12Cl2F3NO2/c14-12(15)6-9(12)10(20)19-7-11(21,13(16,17)18)8-4-2-1-3-5-8/h1-5,9,21H,6-7H2,(H,19,20)/t9-,11-/m1/s1. The summed E-state index contributed by atoms with van der Waals surface area (Å²) >= 11 is 11.4. The Bertz CT molecular complexity index is 536. The van der Waals surface area contributed by atoms with Gasteiger partial charge in [0.05, 0.1) is 12.5 Å². The number of carbonyl (C=O) groups excluding carboxylic acids is 1. The van der Waals surface area contributed by atoms with Crippen LogP contribution in [-0.4, -0.2) is 28.1 Å². The Morgan fingerprint density at radius 3 is 2.29 bits per heavy atom. The first-order valence-corrected chi connectivity index (χ1v) is 6.84. The number of benzene rings is 1. The SMILES string of the molecule is O=C(NC[C@@](O)(c1ccccc1)C(F)(F)F)[C@H]1CC1(Cl)Cl. The fourth-order valence-electron chi connectivity index (χ4n) is 1.92. The lowest BCUT2D eigenvalue weighted by Gasteiger charge is -2.31. The molecule has 0 heterocycles. The quantitative estimate of drug-likeness (QED) is 0.827. The summed E-state index contributed by atoms with van der Waals surface area (Å²) < 4.78 is 38.2. The van der Waals surface area contributed by atoms with E-state index in [0.717, 1.165) is 12.1 Å². The lowest BCUT2D eigenvalue weighted by atomic mass is 9.93. The van der Waals surface area contributed by atoms with Crippen LogP contribution >= 0.6 is 23.2 Å². The van der Waals surface area contributed by atoms with Gasteiger partial charge in [-0.15, -0.1) is 23.2 Å². The van der Waals surface area contributed by atoms with Crippen LogP contribution in [0.25, 0.3) is 0 Å². The van der Waals surface area contributed by atoms with E-state index in [1.54, 1.807) is 0 Å². The van der Waals surface area contributed by atoms with E-state index in [2.05, 4.69) is 5.32 Å². The van der Waals surface area contributed by atoms with Gasteiger partial charge in [0.25, 0.3) is 0 Å². The van der Waals surface area contributed by atoms with Gasteiger partial charge in [0.1, 0.15) is 4.33 Å². The normalized spacial score (nSPS) is 23.2. The molecule has 1 amide bonds. The van der Waals surface area contributed by atoms with Crippen molar-refractivity contribution in [1.29, 1.82) is 0 Å². The van der Waals surface area contributed by atoms with E-state index >= 15 is 0 Å². The van der Waals surface area contributed by atoms with Crippen molar-refractivity contribution in [2.75, 3.05) is 6.54 Å². The summed E-state index contributed by atoms with van der Waals surface area (Å²) in [6, 6.07) is 6.56. The molecule has 8 heteroatoms. The van der Waals surface area contributed by atoms with Crippen LogP contribution in [0.2, 0.25) is 0 Å². The third-order valence-corrected chi connectivity index (χ3v) is 4.22. The predicted molar refractivity (Wildman–Crippen MR) is 71.9 cm³/mol. The van der Waals surface area contributed by atoms with Gasteiger partial charge in [-0.1, -0.05) is 30.3 Å². The van der Waals surface area contributed by atoms with E-state index in [0.29, 0.717) is 0 Å². The number of hydrogen-bond acceptors (Lipinski definition) is 2. The van der Waals surface area contributed by atoms with Gasteiger partial charge in [-0.25, -0.2) is 0 Å². The molecule has 116 valence electrons. The first kappa shape index (κ1) is 16.4. The summed E-state index contributed by atoms with van der Waals surface area (Å²) in [5.74, 6) is -1.47. The average molecular weight is 342 g/mol. The summed E-state index contributed by atoms with van der Waals surface area (Å²) in [7, 11) is 0. The number of hydrogen-bond donors (Lipinski definition) is 2. The van der Waals surface area contributed by atoms with Crippen LogP contribution in [0.4, 0.5) is 13.2 Å². The molecule has 2 N–H and O–H groups in total. The highest BCUT2D eigenvalue weighted by Crippen LogP contribution is 2.53. The lowest BCUT2D eigenvalue weighted by molar-refractivity contribution is -0.264. The molecule has 3 nitrogen and oxygen atoms in total. The number of carbonyl (C=O) groups is 1. The zero-order valence-corrected chi connectivity index (χ0v) is 12.1. The summed E-state index contributed by atoms with van der Waals surface area (Å²) in [6.45, 7) is -1.00. The number of halogens is 5. The maximum atomic E-state index is 13.2. The van der Waals surface area contributed by atoms with Crippen molar-refractivity contribution in [3.8, 4) is 0 Å². The molecule has 1 aromatic rings. The Hall–Kier alpha value is -0.980. The van der Waals surface area contributed by atoms with Crippen molar-refractivity contribution in [1.82, 2.24) is 5.32 Å². The molecule has 1 aliphatic rings. The molecule has 1 fully saturated rings. The number of nitrogens with one attached hydrogen (secondary N) is 1. The van der Waals surface area contributed by atoms with Gasteiger partial charge in [0.15, 0.2) is 0 Å². The van der Waals surface area contributed by atoms with Crippen LogP contribution in [0.15, 0.2) is 30.3 Å². The van der Waals surface area contributed by atoms with Crippen LogP contribution in [0.5, 0.6) is 0 Å². The zero-order chi connectivity index (χ0) is 15.9. The third-order valence-electron chi connectivity index (χ3n) is 3.38. The second-order valence-electron chi connectivity index (χ2n) is 4.96. The molecule has 1 saturated carbocycles. The minimum atomic E-state index is -4.94. The van der Waals surface area contributed by atoms with Gasteiger partial charge in [0.2, 0.25) is 11.5 Å². The van der Waals surface area contributed by atoms with E-state index in [1.807, 2.05) is 0 Å². The van der Waals surface area contributed by atoms with Gasteiger partial charge in [-0.05, 0) is 12.0 Å². The Balaban J connectivity index is 2.13. The minimum absolute atomic E-state index is 0.178. The van der Waals surface area contributed by atoms with E-state index in [1.165, 1.54) is 18.2 Å². The van der Waals surface area contributed by atoms with E-state index in [-0.39, 0.29) is 12.0 Å². The molecule has 21 heavy (non-hydrogen) atoms. The number of amides is 1. The van der Waals surface area contributed by atoms with E-state index in [4.69, 9.17) is 23.2 Å². The number of aliphatic hydroxyl groups is 1. The largest absolute Gasteiger partial charge is 0.423 e. The molecule has 1 aliphatic carbocycles. The monoisotopic (exact) mass is 341 g/mol. The topological polar surface area (TPSA) is 49.3 Å². The first-order valence-electron chi connectivity index (χ1n) is 6.08. The van der Waals surface area contributed by atoms with Gasteiger partial charge in [0, 0.05) is 0 Å². The second kappa shape index (κ2) is 5.34. The first-order chi connectivity index (χ1) is 9.58. The highest BCUT2D eigenvalue weighted by Gasteiger charge is 2.58. The Labute approximate surface area is 129 Å². The van der Waals surface area contributed by atoms with Crippen LogP contribution < -0.4 is 5.32 Å². The van der Waals surface area contributed by atoms with Gasteiger partial charge < -0.3 is 10.4 Å². The van der Waals surface area contributed by atoms with Gasteiger partial charge >= 0.3 is 6.18 Å². The molecule has 0 aromatic heterocycles. The molecule has 0 saturated heterocycles. The molecule has 0 spiro atoms. The van der Waals surface area contributed by atoms with Crippen molar-refractivity contribution >= 4 is 29.1 Å². The van der Waals surface area contributed by atoms with Crippen molar-refractivity contribution in [2.24, 2.45) is 5.92 Å². The molecule has 1 aromatic carbocycles. The summed E-state index contributed by atoms with van der Waals surface area (Å²) in [4.78, 5) is 11.7. The van der Waals surface area contributed by atoms with Crippen LogP contribution in [0, 0.1) is 5.92 Å². The molecule has 2 rings (SSSR count). The molecule has 0 radical (unpaired) electrons. The summed E-state index contributed by atoms with van der Waals surface area (Å²) in [5.41, 5.74) is -3.52. The smallest absolute Gasteiger partial charge is 0.375 e. The third kappa shape index (κ3) is 3.27. The maximum absolute atomic E-state index is 13.2. The van der Waals surface area contributed by atoms with Crippen molar-refractivity contribution < 1.29 is 23.1 Å². The number of rotatable bonds is 4. The van der Waals surface area contributed by atoms with Gasteiger partial charge in [-0.2, -0.15) is 13.2 Å². The van der Waals surface area contributed by atoms with Crippen LogP contribution in [0.3, 0.4) is 0 Å². The van der Waals surface area contributed by atoms with Crippen molar-refractivity contribution in [3.05, 3.63) is 35.9 Å². The molecule has 0 bridgehead atoms. The van der Waals surface area contributed by atoms with Gasteiger partial charge in [-0.3, -0.25) is 4.79 Å². The van der Waals surface area contributed by atoms with E-state index < -0.39 is 34.5 Å². The highest BCUT2D eigenvalue weighted by molar-refractivity contribution is 6.52. The lowest BCUT2D eigenvalue weighted by Crippen LogP contribution is -2.51. The van der Waals surface area contributed by atoms with Crippen LogP contribution in [0.1, 0.15) is 12.0 Å². The predicted octanol–water partition coefficient (Wildman–Crippen LogP) is 2.75. The summed E-state index contributed by atoms with van der Waals surface area (Å²) in [6.07, 6.45) is -4.76. The Kier molecular flexibility index (Phi) is 4.17. The Morgan fingerprint density at radius 1 is 1.33 bits per heavy atom. The maximum Gasteiger partial charge on any atom is 0.423 e. The minimum Gasteiger partial charge on any atom is -0.375 e. The molecule has 0 unspecified atom stereocenters. The molecule has 0 aliphatic heterocycles. The molecular weight excluding hydrogens is 330 g/mol.